The summed E-state index contributed by atoms with van der Waals surface area (Å²) in [6.45, 7) is 1.81. The van der Waals surface area contributed by atoms with Gasteiger partial charge < -0.3 is 9.67 Å². The standard InChI is InChI=1S/C18H14Cl2N2O4/c1-9-5-11(22(25)26)8-16-13(9)6-10(21(16)2)7-14-15(19)4-3-12(17(14)20)18(23)24/h3-6,8H,7H2,1-2H3,(H,23,24). The molecular formula is C18H14Cl2N2O4. The van der Waals surface area contributed by atoms with E-state index in [-0.39, 0.29) is 16.3 Å². The van der Waals surface area contributed by atoms with Crippen molar-refractivity contribution in [1.82, 2.24) is 4.57 Å². The largest absolute Gasteiger partial charge is 0.478 e. The zero-order chi connectivity index (χ0) is 19.2. The molecule has 2 aromatic carbocycles. The lowest BCUT2D eigenvalue weighted by atomic mass is 10.1. The summed E-state index contributed by atoms with van der Waals surface area (Å²) < 4.78 is 1.83. The summed E-state index contributed by atoms with van der Waals surface area (Å²) in [6, 6.07) is 7.82. The quantitative estimate of drug-likeness (QED) is 0.500. The molecule has 0 radical (unpaired) electrons. The number of fused-ring (bicyclic) bond motifs is 1. The van der Waals surface area contributed by atoms with Gasteiger partial charge in [0.15, 0.2) is 0 Å². The van der Waals surface area contributed by atoms with Gasteiger partial charge in [0.1, 0.15) is 0 Å². The van der Waals surface area contributed by atoms with Crippen molar-refractivity contribution in [3.05, 3.63) is 72.9 Å². The van der Waals surface area contributed by atoms with Crippen LogP contribution in [0.25, 0.3) is 10.9 Å². The topological polar surface area (TPSA) is 85.4 Å². The Morgan fingerprint density at radius 2 is 1.96 bits per heavy atom. The fraction of sp³-hybridized carbons (Fsp3) is 0.167. The summed E-state index contributed by atoms with van der Waals surface area (Å²) in [7, 11) is 1.80. The van der Waals surface area contributed by atoms with Gasteiger partial charge in [-0.3, -0.25) is 10.1 Å². The van der Waals surface area contributed by atoms with Crippen LogP contribution in [0.3, 0.4) is 0 Å². The van der Waals surface area contributed by atoms with Crippen LogP contribution in [0.2, 0.25) is 10.0 Å². The van der Waals surface area contributed by atoms with Crippen LogP contribution in [0.5, 0.6) is 0 Å². The van der Waals surface area contributed by atoms with E-state index in [1.54, 1.807) is 7.05 Å². The van der Waals surface area contributed by atoms with Gasteiger partial charge in [-0.2, -0.15) is 0 Å². The van der Waals surface area contributed by atoms with E-state index in [9.17, 15) is 20.0 Å². The number of nitro benzene ring substituents is 1. The fourth-order valence-corrected chi connectivity index (χ4v) is 3.61. The number of nitro groups is 1. The third kappa shape index (κ3) is 3.02. The molecule has 0 aliphatic rings. The molecule has 1 aromatic heterocycles. The van der Waals surface area contributed by atoms with Crippen LogP contribution >= 0.6 is 23.2 Å². The molecule has 0 amide bonds. The van der Waals surface area contributed by atoms with Crippen molar-refractivity contribution >= 4 is 45.8 Å². The molecule has 0 saturated heterocycles. The van der Waals surface area contributed by atoms with Crippen molar-refractivity contribution in [2.24, 2.45) is 7.05 Å². The molecule has 0 bridgehead atoms. The molecule has 0 unspecified atom stereocenters. The predicted octanol–water partition coefficient (Wildman–Crippen LogP) is 4.99. The highest BCUT2D eigenvalue weighted by Crippen LogP contribution is 2.33. The van der Waals surface area contributed by atoms with E-state index >= 15 is 0 Å². The lowest BCUT2D eigenvalue weighted by Crippen LogP contribution is -2.03. The van der Waals surface area contributed by atoms with E-state index < -0.39 is 10.9 Å². The number of carboxylic acids is 1. The zero-order valence-electron chi connectivity index (χ0n) is 13.9. The van der Waals surface area contributed by atoms with Crippen LogP contribution in [0, 0.1) is 17.0 Å². The molecule has 0 aliphatic heterocycles. The number of aromatic nitrogens is 1. The first-order valence-electron chi connectivity index (χ1n) is 7.64. The minimum atomic E-state index is -1.13. The Hall–Kier alpha value is -2.57. The van der Waals surface area contributed by atoms with Crippen LogP contribution in [0.15, 0.2) is 30.3 Å². The second-order valence-corrected chi connectivity index (χ2v) is 6.80. The number of aromatic carboxylic acids is 1. The summed E-state index contributed by atoms with van der Waals surface area (Å²) in [5, 5.41) is 21.7. The average molecular weight is 393 g/mol. The second kappa shape index (κ2) is 6.63. The number of hydrogen-bond acceptors (Lipinski definition) is 3. The Kier molecular flexibility index (Phi) is 4.64. The van der Waals surface area contributed by atoms with Crippen molar-refractivity contribution in [2.75, 3.05) is 0 Å². The number of non-ortho nitro benzene ring substituents is 1. The number of aryl methyl sites for hydroxylation is 2. The number of nitrogens with zero attached hydrogens (tertiary/aromatic N) is 2. The highest BCUT2D eigenvalue weighted by Gasteiger charge is 2.19. The molecule has 3 rings (SSSR count). The average Bonchev–Trinajstić information content (AvgIpc) is 2.88. The summed E-state index contributed by atoms with van der Waals surface area (Å²) >= 11 is 12.5. The highest BCUT2D eigenvalue weighted by molar-refractivity contribution is 6.38. The number of carboxylic acid groups (broad SMARTS) is 1. The van der Waals surface area contributed by atoms with Crippen molar-refractivity contribution in [2.45, 2.75) is 13.3 Å². The van der Waals surface area contributed by atoms with Gasteiger partial charge in [-0.1, -0.05) is 23.2 Å². The SMILES string of the molecule is Cc1cc([N+](=O)[O-])cc2c1cc(Cc1c(Cl)ccc(C(=O)O)c1Cl)n2C. The van der Waals surface area contributed by atoms with E-state index in [0.29, 0.717) is 22.5 Å². The Morgan fingerprint density at radius 3 is 2.58 bits per heavy atom. The Bertz CT molecular complexity index is 1070. The maximum Gasteiger partial charge on any atom is 0.337 e. The highest BCUT2D eigenvalue weighted by atomic mass is 35.5. The molecule has 1 heterocycles. The molecule has 6 nitrogen and oxygen atoms in total. The molecule has 134 valence electrons. The first-order chi connectivity index (χ1) is 12.2. The van der Waals surface area contributed by atoms with Crippen LogP contribution in [0.1, 0.15) is 27.2 Å². The van der Waals surface area contributed by atoms with Gasteiger partial charge in [0.2, 0.25) is 0 Å². The maximum atomic E-state index is 11.3. The van der Waals surface area contributed by atoms with Crippen molar-refractivity contribution in [3.8, 4) is 0 Å². The minimum Gasteiger partial charge on any atom is -0.478 e. The predicted molar refractivity (Wildman–Crippen MR) is 101 cm³/mol. The van der Waals surface area contributed by atoms with Gasteiger partial charge in [0, 0.05) is 41.7 Å². The first-order valence-corrected chi connectivity index (χ1v) is 8.39. The molecule has 8 heteroatoms. The van der Waals surface area contributed by atoms with Crippen molar-refractivity contribution in [1.29, 1.82) is 0 Å². The number of carbonyl (C=O) groups is 1. The summed E-state index contributed by atoms with van der Waals surface area (Å²) in [4.78, 5) is 22.0. The number of benzene rings is 2. The Morgan fingerprint density at radius 1 is 1.27 bits per heavy atom. The van der Waals surface area contributed by atoms with Crippen molar-refractivity contribution in [3.63, 3.8) is 0 Å². The van der Waals surface area contributed by atoms with Gasteiger partial charge in [-0.15, -0.1) is 0 Å². The van der Waals surface area contributed by atoms with Crippen LogP contribution < -0.4 is 0 Å². The van der Waals surface area contributed by atoms with Gasteiger partial charge in [0.25, 0.3) is 5.69 Å². The maximum absolute atomic E-state index is 11.3. The van der Waals surface area contributed by atoms with Crippen LogP contribution in [0.4, 0.5) is 5.69 Å². The molecule has 0 fully saturated rings. The van der Waals surface area contributed by atoms with Crippen molar-refractivity contribution < 1.29 is 14.8 Å². The van der Waals surface area contributed by atoms with Gasteiger partial charge >= 0.3 is 5.97 Å². The summed E-state index contributed by atoms with van der Waals surface area (Å²) in [5.41, 5.74) is 2.82. The molecule has 3 aromatic rings. The lowest BCUT2D eigenvalue weighted by Gasteiger charge is -2.10. The number of hydrogen-bond donors (Lipinski definition) is 1. The van der Waals surface area contributed by atoms with E-state index in [0.717, 1.165) is 16.6 Å². The summed E-state index contributed by atoms with van der Waals surface area (Å²) in [6.07, 6.45) is 0.303. The number of rotatable bonds is 4. The van der Waals surface area contributed by atoms with E-state index in [2.05, 4.69) is 0 Å². The zero-order valence-corrected chi connectivity index (χ0v) is 15.4. The molecule has 26 heavy (non-hydrogen) atoms. The van der Waals surface area contributed by atoms with Gasteiger partial charge in [-0.25, -0.2) is 4.79 Å². The normalized spacial score (nSPS) is 11.1. The van der Waals surface area contributed by atoms with Crippen LogP contribution in [-0.4, -0.2) is 20.6 Å². The van der Waals surface area contributed by atoms with Crippen LogP contribution in [-0.2, 0) is 13.5 Å². The first kappa shape index (κ1) is 18.2. The van der Waals surface area contributed by atoms with Gasteiger partial charge in [0.05, 0.1) is 21.0 Å². The third-order valence-electron chi connectivity index (χ3n) is 4.44. The third-order valence-corrected chi connectivity index (χ3v) is 5.22. The molecule has 0 saturated carbocycles. The Labute approximate surface area is 158 Å². The molecule has 1 N–H and O–H groups in total. The van der Waals surface area contributed by atoms with E-state index in [1.807, 2.05) is 17.6 Å². The van der Waals surface area contributed by atoms with Gasteiger partial charge in [-0.05, 0) is 36.2 Å². The van der Waals surface area contributed by atoms with E-state index in [4.69, 9.17) is 23.2 Å². The monoisotopic (exact) mass is 392 g/mol. The van der Waals surface area contributed by atoms with E-state index in [1.165, 1.54) is 24.3 Å². The molecule has 0 spiro atoms. The second-order valence-electron chi connectivity index (χ2n) is 6.02. The summed E-state index contributed by atoms with van der Waals surface area (Å²) in [5.74, 6) is -1.13. The lowest BCUT2D eigenvalue weighted by molar-refractivity contribution is -0.384. The molecule has 0 atom stereocenters. The molecule has 0 aliphatic carbocycles. The fourth-order valence-electron chi connectivity index (χ4n) is 3.03. The molecular weight excluding hydrogens is 379 g/mol. The smallest absolute Gasteiger partial charge is 0.337 e. The Balaban J connectivity index is 2.15. The number of halogens is 2. The minimum absolute atomic E-state index is 0.0170.